The average Bonchev–Trinajstić information content (AvgIpc) is 2.64. The lowest BCUT2D eigenvalue weighted by Gasteiger charge is -2.37. The first kappa shape index (κ1) is 12.8. The summed E-state index contributed by atoms with van der Waals surface area (Å²) in [6, 6.07) is 0.647. The summed E-state index contributed by atoms with van der Waals surface area (Å²) < 4.78 is 5.86. The van der Waals surface area contributed by atoms with Crippen LogP contribution in [0.5, 0.6) is 0 Å². The Morgan fingerprint density at radius 2 is 2.12 bits per heavy atom. The molecule has 0 amide bonds. The SMILES string of the molecule is CC(C)N1CCOC(CN2CCC(Br)C2)C1. The lowest BCUT2D eigenvalue weighted by molar-refractivity contribution is -0.0497. The molecule has 0 radical (unpaired) electrons. The van der Waals surface area contributed by atoms with Crippen LogP contribution in [0, 0.1) is 0 Å². The van der Waals surface area contributed by atoms with Crippen molar-refractivity contribution in [3.8, 4) is 0 Å². The maximum atomic E-state index is 5.86. The molecule has 0 spiro atoms. The van der Waals surface area contributed by atoms with Gasteiger partial charge in [-0.2, -0.15) is 0 Å². The van der Waals surface area contributed by atoms with Crippen molar-refractivity contribution in [2.75, 3.05) is 39.3 Å². The monoisotopic (exact) mass is 290 g/mol. The van der Waals surface area contributed by atoms with Crippen molar-refractivity contribution in [3.05, 3.63) is 0 Å². The molecule has 2 saturated heterocycles. The van der Waals surface area contributed by atoms with Gasteiger partial charge in [0.05, 0.1) is 12.7 Å². The molecule has 0 aromatic heterocycles. The van der Waals surface area contributed by atoms with E-state index in [1.807, 2.05) is 0 Å². The third-order valence-corrected chi connectivity index (χ3v) is 4.32. The minimum Gasteiger partial charge on any atom is -0.374 e. The van der Waals surface area contributed by atoms with Gasteiger partial charge in [0, 0.05) is 37.0 Å². The molecule has 0 saturated carbocycles. The van der Waals surface area contributed by atoms with Crippen LogP contribution in [-0.4, -0.2) is 66.1 Å². The van der Waals surface area contributed by atoms with Gasteiger partial charge in [-0.3, -0.25) is 9.80 Å². The molecule has 2 fully saturated rings. The van der Waals surface area contributed by atoms with Crippen molar-refractivity contribution in [3.63, 3.8) is 0 Å². The summed E-state index contributed by atoms with van der Waals surface area (Å²) in [5.41, 5.74) is 0. The molecule has 2 heterocycles. The Kier molecular flexibility index (Phi) is 4.65. The molecular weight excluding hydrogens is 268 g/mol. The fraction of sp³-hybridized carbons (Fsp3) is 1.00. The Balaban J connectivity index is 1.77. The van der Waals surface area contributed by atoms with Gasteiger partial charge < -0.3 is 4.74 Å². The molecule has 0 N–H and O–H groups in total. The zero-order chi connectivity index (χ0) is 11.5. The molecule has 2 aliphatic rings. The number of rotatable bonds is 3. The number of nitrogens with zero attached hydrogens (tertiary/aromatic N) is 2. The van der Waals surface area contributed by atoms with E-state index < -0.39 is 0 Å². The lowest BCUT2D eigenvalue weighted by atomic mass is 10.2. The smallest absolute Gasteiger partial charge is 0.0829 e. The van der Waals surface area contributed by atoms with Gasteiger partial charge in [0.2, 0.25) is 0 Å². The highest BCUT2D eigenvalue weighted by atomic mass is 79.9. The molecule has 2 atom stereocenters. The fourth-order valence-electron chi connectivity index (χ4n) is 2.56. The summed E-state index contributed by atoms with van der Waals surface area (Å²) in [7, 11) is 0. The van der Waals surface area contributed by atoms with Crippen molar-refractivity contribution in [2.24, 2.45) is 0 Å². The zero-order valence-corrected chi connectivity index (χ0v) is 11.9. The summed E-state index contributed by atoms with van der Waals surface area (Å²) in [5, 5.41) is 0. The number of likely N-dealkylation sites (tertiary alicyclic amines) is 1. The van der Waals surface area contributed by atoms with Crippen LogP contribution in [0.2, 0.25) is 0 Å². The molecule has 2 unspecified atom stereocenters. The molecule has 0 aromatic carbocycles. The van der Waals surface area contributed by atoms with Crippen LogP contribution in [0.3, 0.4) is 0 Å². The van der Waals surface area contributed by atoms with Crippen LogP contribution in [0.15, 0.2) is 0 Å². The van der Waals surface area contributed by atoms with E-state index in [4.69, 9.17) is 4.74 Å². The van der Waals surface area contributed by atoms with Crippen molar-refractivity contribution in [2.45, 2.75) is 37.2 Å². The van der Waals surface area contributed by atoms with Crippen molar-refractivity contribution >= 4 is 15.9 Å². The molecule has 0 aliphatic carbocycles. The van der Waals surface area contributed by atoms with E-state index in [1.54, 1.807) is 0 Å². The molecule has 0 aromatic rings. The van der Waals surface area contributed by atoms with Gasteiger partial charge in [0.1, 0.15) is 0 Å². The van der Waals surface area contributed by atoms with Crippen LogP contribution in [-0.2, 0) is 4.74 Å². The molecule has 2 rings (SSSR count). The summed E-state index contributed by atoms with van der Waals surface area (Å²) in [6.07, 6.45) is 1.69. The first-order valence-electron chi connectivity index (χ1n) is 6.37. The average molecular weight is 291 g/mol. The van der Waals surface area contributed by atoms with E-state index in [0.29, 0.717) is 17.0 Å². The second-order valence-corrected chi connectivity index (χ2v) is 6.52. The number of hydrogen-bond acceptors (Lipinski definition) is 3. The second kappa shape index (κ2) is 5.80. The molecule has 4 heteroatoms. The van der Waals surface area contributed by atoms with Crippen LogP contribution < -0.4 is 0 Å². The van der Waals surface area contributed by atoms with Crippen molar-refractivity contribution < 1.29 is 4.74 Å². The molecule has 0 bridgehead atoms. The Labute approximate surface area is 107 Å². The molecule has 16 heavy (non-hydrogen) atoms. The molecule has 94 valence electrons. The van der Waals surface area contributed by atoms with E-state index in [2.05, 4.69) is 39.6 Å². The number of morpholine rings is 1. The van der Waals surface area contributed by atoms with Crippen LogP contribution in [0.25, 0.3) is 0 Å². The number of ether oxygens (including phenoxy) is 1. The van der Waals surface area contributed by atoms with E-state index in [1.165, 1.54) is 19.5 Å². The van der Waals surface area contributed by atoms with E-state index in [-0.39, 0.29) is 0 Å². The molecule has 3 nitrogen and oxygen atoms in total. The number of halogens is 1. The third-order valence-electron chi connectivity index (χ3n) is 3.58. The minimum absolute atomic E-state index is 0.411. The summed E-state index contributed by atoms with van der Waals surface area (Å²) in [6.45, 7) is 11.1. The maximum absolute atomic E-state index is 5.86. The van der Waals surface area contributed by atoms with Gasteiger partial charge in [0.15, 0.2) is 0 Å². The molecular formula is C12H23BrN2O. The second-order valence-electron chi connectivity index (χ2n) is 5.23. The summed E-state index contributed by atoms with van der Waals surface area (Å²) in [5.74, 6) is 0. The van der Waals surface area contributed by atoms with Gasteiger partial charge in [-0.25, -0.2) is 0 Å². The summed E-state index contributed by atoms with van der Waals surface area (Å²) in [4.78, 5) is 5.74. The third kappa shape index (κ3) is 3.42. The van der Waals surface area contributed by atoms with Gasteiger partial charge in [-0.15, -0.1) is 0 Å². The lowest BCUT2D eigenvalue weighted by Crippen LogP contribution is -2.49. The Morgan fingerprint density at radius 1 is 1.31 bits per heavy atom. The van der Waals surface area contributed by atoms with Gasteiger partial charge in [-0.05, 0) is 26.8 Å². The van der Waals surface area contributed by atoms with Gasteiger partial charge >= 0.3 is 0 Å². The van der Waals surface area contributed by atoms with E-state index in [0.717, 1.165) is 26.2 Å². The highest BCUT2D eigenvalue weighted by molar-refractivity contribution is 9.09. The Morgan fingerprint density at radius 3 is 2.75 bits per heavy atom. The quantitative estimate of drug-likeness (QED) is 0.734. The maximum Gasteiger partial charge on any atom is 0.0829 e. The largest absolute Gasteiger partial charge is 0.374 e. The van der Waals surface area contributed by atoms with Gasteiger partial charge in [-0.1, -0.05) is 15.9 Å². The standard InChI is InChI=1S/C12H23BrN2O/c1-10(2)15-5-6-16-12(9-15)8-14-4-3-11(13)7-14/h10-12H,3-9H2,1-2H3. The number of hydrogen-bond donors (Lipinski definition) is 0. The Bertz CT molecular complexity index is 225. The minimum atomic E-state index is 0.411. The first-order valence-corrected chi connectivity index (χ1v) is 7.29. The highest BCUT2D eigenvalue weighted by Gasteiger charge is 2.27. The predicted molar refractivity (Wildman–Crippen MR) is 70.2 cm³/mol. The van der Waals surface area contributed by atoms with Gasteiger partial charge in [0.25, 0.3) is 0 Å². The van der Waals surface area contributed by atoms with Crippen molar-refractivity contribution in [1.82, 2.24) is 9.80 Å². The number of alkyl halides is 1. The summed E-state index contributed by atoms with van der Waals surface area (Å²) >= 11 is 3.69. The highest BCUT2D eigenvalue weighted by Crippen LogP contribution is 2.18. The Hall–Kier alpha value is 0.360. The topological polar surface area (TPSA) is 15.7 Å². The normalized spacial score (nSPS) is 33.8. The van der Waals surface area contributed by atoms with Crippen LogP contribution in [0.4, 0.5) is 0 Å². The van der Waals surface area contributed by atoms with Crippen LogP contribution >= 0.6 is 15.9 Å². The molecule has 2 aliphatic heterocycles. The van der Waals surface area contributed by atoms with Crippen LogP contribution in [0.1, 0.15) is 20.3 Å². The zero-order valence-electron chi connectivity index (χ0n) is 10.4. The van der Waals surface area contributed by atoms with E-state index >= 15 is 0 Å². The predicted octanol–water partition coefficient (Wildman–Crippen LogP) is 1.56. The fourth-order valence-corrected chi connectivity index (χ4v) is 3.18. The first-order chi connectivity index (χ1) is 7.65. The van der Waals surface area contributed by atoms with Crippen molar-refractivity contribution in [1.29, 1.82) is 0 Å². The van der Waals surface area contributed by atoms with E-state index in [9.17, 15) is 0 Å².